The summed E-state index contributed by atoms with van der Waals surface area (Å²) in [6, 6.07) is 2.02. The zero-order valence-corrected chi connectivity index (χ0v) is 14.0. The summed E-state index contributed by atoms with van der Waals surface area (Å²) in [5.41, 5.74) is 1.99. The SMILES string of the molecule is CCC(C)n1nccc1NC(=O)CCc1c(C)nc(=O)[nH]c1C. The number of carbonyl (C=O) groups is 1. The van der Waals surface area contributed by atoms with Crippen LogP contribution in [0.5, 0.6) is 0 Å². The van der Waals surface area contributed by atoms with Crippen LogP contribution in [0.4, 0.5) is 5.82 Å². The van der Waals surface area contributed by atoms with Gasteiger partial charge in [0.2, 0.25) is 5.91 Å². The monoisotopic (exact) mass is 317 g/mol. The van der Waals surface area contributed by atoms with Crippen molar-refractivity contribution < 1.29 is 4.79 Å². The zero-order valence-electron chi connectivity index (χ0n) is 14.0. The van der Waals surface area contributed by atoms with E-state index in [9.17, 15) is 9.59 Å². The number of hydrogen-bond acceptors (Lipinski definition) is 4. The number of rotatable bonds is 6. The minimum absolute atomic E-state index is 0.0833. The predicted molar refractivity (Wildman–Crippen MR) is 88.5 cm³/mol. The maximum atomic E-state index is 12.2. The molecule has 23 heavy (non-hydrogen) atoms. The van der Waals surface area contributed by atoms with E-state index in [-0.39, 0.29) is 17.6 Å². The van der Waals surface area contributed by atoms with Crippen LogP contribution < -0.4 is 11.0 Å². The van der Waals surface area contributed by atoms with Gasteiger partial charge in [-0.25, -0.2) is 9.48 Å². The molecule has 1 unspecified atom stereocenters. The Morgan fingerprint density at radius 3 is 2.83 bits per heavy atom. The van der Waals surface area contributed by atoms with Crippen molar-refractivity contribution in [2.45, 2.75) is 53.0 Å². The Morgan fingerprint density at radius 2 is 2.17 bits per heavy atom. The van der Waals surface area contributed by atoms with Crippen LogP contribution in [0.25, 0.3) is 0 Å². The van der Waals surface area contributed by atoms with Crippen molar-refractivity contribution in [3.8, 4) is 0 Å². The van der Waals surface area contributed by atoms with Crippen molar-refractivity contribution >= 4 is 11.7 Å². The first-order valence-corrected chi connectivity index (χ1v) is 7.82. The highest BCUT2D eigenvalue weighted by molar-refractivity contribution is 5.90. The number of hydrogen-bond donors (Lipinski definition) is 2. The van der Waals surface area contributed by atoms with Crippen LogP contribution in [-0.4, -0.2) is 25.7 Å². The molecule has 0 aliphatic heterocycles. The second kappa shape index (κ2) is 7.21. The highest BCUT2D eigenvalue weighted by Crippen LogP contribution is 2.17. The van der Waals surface area contributed by atoms with Crippen LogP contribution in [0.3, 0.4) is 0 Å². The van der Waals surface area contributed by atoms with Crippen LogP contribution >= 0.6 is 0 Å². The average Bonchev–Trinajstić information content (AvgIpc) is 2.93. The molecule has 0 aromatic carbocycles. The molecule has 2 heterocycles. The zero-order chi connectivity index (χ0) is 17.0. The number of carbonyl (C=O) groups excluding carboxylic acids is 1. The average molecular weight is 317 g/mol. The van der Waals surface area contributed by atoms with Gasteiger partial charge in [-0.15, -0.1) is 0 Å². The molecule has 2 rings (SSSR count). The number of aryl methyl sites for hydroxylation is 2. The van der Waals surface area contributed by atoms with Gasteiger partial charge in [0, 0.05) is 23.9 Å². The highest BCUT2D eigenvalue weighted by Gasteiger charge is 2.13. The first-order valence-electron chi connectivity index (χ1n) is 7.82. The van der Waals surface area contributed by atoms with Crippen LogP contribution in [-0.2, 0) is 11.2 Å². The van der Waals surface area contributed by atoms with Gasteiger partial charge in [0.1, 0.15) is 5.82 Å². The highest BCUT2D eigenvalue weighted by atomic mass is 16.2. The molecule has 2 aromatic heterocycles. The summed E-state index contributed by atoms with van der Waals surface area (Å²) in [7, 11) is 0. The Bertz CT molecular complexity index is 721. The fraction of sp³-hybridized carbons (Fsp3) is 0.500. The van der Waals surface area contributed by atoms with E-state index in [2.05, 4.69) is 34.2 Å². The van der Waals surface area contributed by atoms with Gasteiger partial charge in [-0.05, 0) is 39.2 Å². The third-order valence-corrected chi connectivity index (χ3v) is 4.00. The lowest BCUT2D eigenvalue weighted by atomic mass is 10.1. The van der Waals surface area contributed by atoms with E-state index < -0.39 is 0 Å². The largest absolute Gasteiger partial charge is 0.345 e. The molecule has 0 spiro atoms. The molecule has 124 valence electrons. The Kier molecular flexibility index (Phi) is 5.31. The Balaban J connectivity index is 2.02. The van der Waals surface area contributed by atoms with Crippen LogP contribution in [0.2, 0.25) is 0 Å². The van der Waals surface area contributed by atoms with Gasteiger partial charge >= 0.3 is 5.69 Å². The maximum absolute atomic E-state index is 12.2. The van der Waals surface area contributed by atoms with E-state index in [4.69, 9.17) is 0 Å². The minimum Gasteiger partial charge on any atom is -0.311 e. The molecular formula is C16H23N5O2. The Labute approximate surface area is 135 Å². The number of H-pyrrole nitrogens is 1. The minimum atomic E-state index is -0.356. The van der Waals surface area contributed by atoms with Crippen LogP contribution in [0.1, 0.15) is 49.7 Å². The number of aromatic nitrogens is 4. The van der Waals surface area contributed by atoms with Gasteiger partial charge in [-0.1, -0.05) is 6.92 Å². The van der Waals surface area contributed by atoms with E-state index in [1.165, 1.54) is 0 Å². The number of anilines is 1. The summed E-state index contributed by atoms with van der Waals surface area (Å²) in [6.45, 7) is 7.74. The maximum Gasteiger partial charge on any atom is 0.345 e. The lowest BCUT2D eigenvalue weighted by Gasteiger charge is -2.14. The predicted octanol–water partition coefficient (Wildman–Crippen LogP) is 2.13. The van der Waals surface area contributed by atoms with Gasteiger partial charge in [0.15, 0.2) is 0 Å². The van der Waals surface area contributed by atoms with Crippen molar-refractivity contribution in [1.29, 1.82) is 0 Å². The van der Waals surface area contributed by atoms with Crippen molar-refractivity contribution in [2.75, 3.05) is 5.32 Å². The fourth-order valence-corrected chi connectivity index (χ4v) is 2.50. The molecule has 0 radical (unpaired) electrons. The molecule has 2 aromatic rings. The molecule has 0 bridgehead atoms. The molecule has 1 amide bonds. The van der Waals surface area contributed by atoms with Gasteiger partial charge in [0.25, 0.3) is 0 Å². The molecule has 1 atom stereocenters. The summed E-state index contributed by atoms with van der Waals surface area (Å²) >= 11 is 0. The van der Waals surface area contributed by atoms with E-state index in [0.29, 0.717) is 24.4 Å². The normalized spacial score (nSPS) is 12.2. The smallest absolute Gasteiger partial charge is 0.311 e. The Hall–Kier alpha value is -2.44. The van der Waals surface area contributed by atoms with Crippen molar-refractivity contribution in [1.82, 2.24) is 19.7 Å². The van der Waals surface area contributed by atoms with E-state index >= 15 is 0 Å². The van der Waals surface area contributed by atoms with Gasteiger partial charge in [-0.3, -0.25) is 4.79 Å². The molecule has 0 fully saturated rings. The standard InChI is InChI=1S/C16H23N5O2/c1-5-10(2)21-14(8-9-17-21)20-15(22)7-6-13-11(3)18-16(23)19-12(13)4/h8-10H,5-7H2,1-4H3,(H,20,22)(H,18,19,23). The first-order chi connectivity index (χ1) is 10.9. The topological polar surface area (TPSA) is 92.7 Å². The van der Waals surface area contributed by atoms with Crippen molar-refractivity contribution in [3.05, 3.63) is 39.7 Å². The van der Waals surface area contributed by atoms with Crippen molar-refractivity contribution in [3.63, 3.8) is 0 Å². The number of aromatic amines is 1. The second-order valence-corrected chi connectivity index (χ2v) is 5.70. The second-order valence-electron chi connectivity index (χ2n) is 5.70. The number of nitrogens with one attached hydrogen (secondary N) is 2. The van der Waals surface area contributed by atoms with Gasteiger partial charge < -0.3 is 10.3 Å². The molecule has 0 aliphatic carbocycles. The summed E-state index contributed by atoms with van der Waals surface area (Å²) in [4.78, 5) is 30.0. The first kappa shape index (κ1) is 16.9. The van der Waals surface area contributed by atoms with Gasteiger partial charge in [0.05, 0.1) is 12.2 Å². The lowest BCUT2D eigenvalue weighted by Crippen LogP contribution is -2.19. The van der Waals surface area contributed by atoms with E-state index in [1.54, 1.807) is 19.2 Å². The Morgan fingerprint density at radius 1 is 1.43 bits per heavy atom. The molecule has 7 nitrogen and oxygen atoms in total. The quantitative estimate of drug-likeness (QED) is 0.853. The molecule has 0 aliphatic rings. The lowest BCUT2D eigenvalue weighted by molar-refractivity contribution is -0.116. The van der Waals surface area contributed by atoms with Crippen molar-refractivity contribution in [2.24, 2.45) is 0 Å². The summed E-state index contributed by atoms with van der Waals surface area (Å²) < 4.78 is 1.82. The number of nitrogens with zero attached hydrogens (tertiary/aromatic N) is 3. The van der Waals surface area contributed by atoms with Gasteiger partial charge in [-0.2, -0.15) is 10.1 Å². The summed E-state index contributed by atoms with van der Waals surface area (Å²) in [5.74, 6) is 0.623. The number of amides is 1. The molecule has 2 N–H and O–H groups in total. The fourth-order valence-electron chi connectivity index (χ4n) is 2.50. The summed E-state index contributed by atoms with van der Waals surface area (Å²) in [6.07, 6.45) is 3.47. The van der Waals surface area contributed by atoms with Crippen LogP contribution in [0.15, 0.2) is 17.1 Å². The molecular weight excluding hydrogens is 294 g/mol. The van der Waals surface area contributed by atoms with Crippen LogP contribution in [0, 0.1) is 13.8 Å². The molecule has 7 heteroatoms. The van der Waals surface area contributed by atoms with E-state index in [1.807, 2.05) is 11.6 Å². The summed E-state index contributed by atoms with van der Waals surface area (Å²) in [5, 5.41) is 7.14. The van der Waals surface area contributed by atoms with E-state index in [0.717, 1.165) is 17.7 Å². The molecule has 0 saturated carbocycles. The third kappa shape index (κ3) is 4.06. The third-order valence-electron chi connectivity index (χ3n) is 4.00. The molecule has 0 saturated heterocycles.